The van der Waals surface area contributed by atoms with E-state index in [9.17, 15) is 19.5 Å². The van der Waals surface area contributed by atoms with E-state index < -0.39 is 23.6 Å². The third-order valence-corrected chi connectivity index (χ3v) is 5.93. The van der Waals surface area contributed by atoms with Gasteiger partial charge in [0.1, 0.15) is 12.1 Å². The summed E-state index contributed by atoms with van der Waals surface area (Å²) in [5.74, 6) is 1.56. The van der Waals surface area contributed by atoms with Gasteiger partial charge in [0.15, 0.2) is 0 Å². The second kappa shape index (κ2) is 12.5. The van der Waals surface area contributed by atoms with Crippen LogP contribution in [0.1, 0.15) is 64.0 Å². The maximum atomic E-state index is 13.5. The molecule has 0 saturated carbocycles. The monoisotopic (exact) mass is 471 g/mol. The van der Waals surface area contributed by atoms with Crippen molar-refractivity contribution in [3.8, 4) is 12.3 Å². The molecule has 2 rings (SSSR count). The van der Waals surface area contributed by atoms with E-state index in [2.05, 4.69) is 16.6 Å². The SMILES string of the molecule is C#Cc1ccc(CNC(=O)C2CC(O)CN2C(=O)[C@@H](NC(=O)CCCCCO)C(C)(C)C)cc1. The zero-order valence-corrected chi connectivity index (χ0v) is 20.3. The van der Waals surface area contributed by atoms with Gasteiger partial charge in [0.2, 0.25) is 17.7 Å². The summed E-state index contributed by atoms with van der Waals surface area (Å²) in [5, 5.41) is 24.8. The zero-order valence-electron chi connectivity index (χ0n) is 20.3. The number of carbonyl (C=O) groups excluding carboxylic acids is 3. The van der Waals surface area contributed by atoms with Gasteiger partial charge in [0.05, 0.1) is 6.10 Å². The molecule has 1 aliphatic heterocycles. The Kier molecular flexibility index (Phi) is 10.1. The number of rotatable bonds is 10. The molecule has 1 aromatic carbocycles. The first-order valence-electron chi connectivity index (χ1n) is 11.8. The fourth-order valence-electron chi connectivity index (χ4n) is 3.95. The van der Waals surface area contributed by atoms with Crippen LogP contribution in [0, 0.1) is 17.8 Å². The number of terminal acetylenes is 1. The molecule has 0 aromatic heterocycles. The van der Waals surface area contributed by atoms with Gasteiger partial charge in [-0.3, -0.25) is 14.4 Å². The van der Waals surface area contributed by atoms with Gasteiger partial charge in [-0.1, -0.05) is 45.2 Å². The van der Waals surface area contributed by atoms with Crippen molar-refractivity contribution in [2.24, 2.45) is 5.41 Å². The highest BCUT2D eigenvalue weighted by atomic mass is 16.3. The Bertz CT molecular complexity index is 885. The van der Waals surface area contributed by atoms with Crippen LogP contribution in [-0.4, -0.2) is 64.2 Å². The molecule has 186 valence electrons. The average Bonchev–Trinajstić information content (AvgIpc) is 3.19. The maximum absolute atomic E-state index is 13.5. The quantitative estimate of drug-likeness (QED) is 0.303. The molecule has 1 heterocycles. The van der Waals surface area contributed by atoms with Gasteiger partial charge >= 0.3 is 0 Å². The Labute approximate surface area is 202 Å². The Balaban J connectivity index is 2.05. The molecule has 0 bridgehead atoms. The number of aliphatic hydroxyl groups is 2. The van der Waals surface area contributed by atoms with E-state index in [4.69, 9.17) is 11.5 Å². The minimum atomic E-state index is -0.838. The molecule has 4 N–H and O–H groups in total. The second-order valence-corrected chi connectivity index (χ2v) is 9.86. The normalized spacial score (nSPS) is 18.8. The molecular weight excluding hydrogens is 434 g/mol. The van der Waals surface area contributed by atoms with Crippen LogP contribution in [0.2, 0.25) is 0 Å². The third kappa shape index (κ3) is 7.86. The van der Waals surface area contributed by atoms with E-state index >= 15 is 0 Å². The molecule has 0 spiro atoms. The fraction of sp³-hybridized carbons (Fsp3) is 0.577. The summed E-state index contributed by atoms with van der Waals surface area (Å²) in [7, 11) is 0. The minimum Gasteiger partial charge on any atom is -0.396 e. The molecule has 1 saturated heterocycles. The number of nitrogens with one attached hydrogen (secondary N) is 2. The van der Waals surface area contributed by atoms with Crippen LogP contribution in [0.5, 0.6) is 0 Å². The van der Waals surface area contributed by atoms with Crippen LogP contribution >= 0.6 is 0 Å². The van der Waals surface area contributed by atoms with Crippen LogP contribution in [0.3, 0.4) is 0 Å². The molecule has 1 aromatic rings. The first kappa shape index (κ1) is 27.4. The van der Waals surface area contributed by atoms with Crippen molar-refractivity contribution >= 4 is 17.7 Å². The average molecular weight is 472 g/mol. The van der Waals surface area contributed by atoms with E-state index in [1.807, 2.05) is 32.9 Å². The van der Waals surface area contributed by atoms with E-state index in [1.165, 1.54) is 4.90 Å². The molecule has 8 nitrogen and oxygen atoms in total. The third-order valence-electron chi connectivity index (χ3n) is 5.93. The Morgan fingerprint density at radius 3 is 2.44 bits per heavy atom. The fourth-order valence-corrected chi connectivity index (χ4v) is 3.95. The molecular formula is C26H37N3O5. The number of amides is 3. The van der Waals surface area contributed by atoms with E-state index in [-0.39, 0.29) is 50.3 Å². The summed E-state index contributed by atoms with van der Waals surface area (Å²) in [4.78, 5) is 40.3. The number of unbranched alkanes of at least 4 members (excludes halogenated alkanes) is 2. The summed E-state index contributed by atoms with van der Waals surface area (Å²) >= 11 is 0. The number of nitrogens with zero attached hydrogens (tertiary/aromatic N) is 1. The summed E-state index contributed by atoms with van der Waals surface area (Å²) in [5.41, 5.74) is 1.02. The van der Waals surface area contributed by atoms with Crippen molar-refractivity contribution in [1.82, 2.24) is 15.5 Å². The number of likely N-dealkylation sites (tertiary alicyclic amines) is 1. The molecule has 1 aliphatic rings. The summed E-state index contributed by atoms with van der Waals surface area (Å²) < 4.78 is 0. The number of hydrogen-bond acceptors (Lipinski definition) is 5. The molecule has 8 heteroatoms. The van der Waals surface area contributed by atoms with Gasteiger partial charge in [0, 0.05) is 38.1 Å². The lowest BCUT2D eigenvalue weighted by molar-refractivity contribution is -0.144. The standard InChI is InChI=1S/C26H37N3O5/c1-5-18-10-12-19(13-11-18)16-27-24(33)21-15-20(31)17-29(21)25(34)23(26(2,3)4)28-22(32)9-7-6-8-14-30/h1,10-13,20-21,23,30-31H,6-9,14-17H2,2-4H3,(H,27,33)(H,28,32)/t20?,21?,23-/m1/s1. The maximum Gasteiger partial charge on any atom is 0.246 e. The first-order chi connectivity index (χ1) is 16.1. The highest BCUT2D eigenvalue weighted by Gasteiger charge is 2.44. The molecule has 1 fully saturated rings. The number of hydrogen-bond donors (Lipinski definition) is 4. The van der Waals surface area contributed by atoms with Gasteiger partial charge < -0.3 is 25.7 Å². The van der Waals surface area contributed by atoms with Crippen LogP contribution in [0.25, 0.3) is 0 Å². The number of aliphatic hydroxyl groups excluding tert-OH is 2. The molecule has 3 amide bonds. The highest BCUT2D eigenvalue weighted by molar-refractivity contribution is 5.93. The van der Waals surface area contributed by atoms with Crippen molar-refractivity contribution < 1.29 is 24.6 Å². The number of benzene rings is 1. The molecule has 0 radical (unpaired) electrons. The molecule has 34 heavy (non-hydrogen) atoms. The topological polar surface area (TPSA) is 119 Å². The second-order valence-electron chi connectivity index (χ2n) is 9.86. The van der Waals surface area contributed by atoms with Crippen molar-refractivity contribution in [2.45, 2.75) is 77.6 Å². The van der Waals surface area contributed by atoms with Crippen LogP contribution in [0.15, 0.2) is 24.3 Å². The van der Waals surface area contributed by atoms with Crippen molar-refractivity contribution in [3.63, 3.8) is 0 Å². The van der Waals surface area contributed by atoms with E-state index in [1.54, 1.807) is 12.1 Å². The highest BCUT2D eigenvalue weighted by Crippen LogP contribution is 2.26. The summed E-state index contributed by atoms with van der Waals surface area (Å²) in [6.07, 6.45) is 6.92. The Morgan fingerprint density at radius 1 is 1.18 bits per heavy atom. The van der Waals surface area contributed by atoms with Gasteiger partial charge in [-0.15, -0.1) is 6.42 Å². The molecule has 2 unspecified atom stereocenters. The van der Waals surface area contributed by atoms with Crippen LogP contribution in [-0.2, 0) is 20.9 Å². The van der Waals surface area contributed by atoms with Gasteiger partial charge in [-0.2, -0.15) is 0 Å². The largest absolute Gasteiger partial charge is 0.396 e. The lowest BCUT2D eigenvalue weighted by Crippen LogP contribution is -2.57. The molecule has 0 aliphatic carbocycles. The smallest absolute Gasteiger partial charge is 0.246 e. The van der Waals surface area contributed by atoms with Crippen LogP contribution in [0.4, 0.5) is 0 Å². The van der Waals surface area contributed by atoms with Crippen molar-refractivity contribution in [1.29, 1.82) is 0 Å². The van der Waals surface area contributed by atoms with Crippen molar-refractivity contribution in [3.05, 3.63) is 35.4 Å². The zero-order chi connectivity index (χ0) is 25.3. The molecule has 3 atom stereocenters. The van der Waals surface area contributed by atoms with Crippen LogP contribution < -0.4 is 10.6 Å². The minimum absolute atomic E-state index is 0.0345. The van der Waals surface area contributed by atoms with E-state index in [0.29, 0.717) is 12.8 Å². The van der Waals surface area contributed by atoms with Crippen molar-refractivity contribution in [2.75, 3.05) is 13.2 Å². The Hall–Kier alpha value is -2.89. The first-order valence-corrected chi connectivity index (χ1v) is 11.8. The van der Waals surface area contributed by atoms with Gasteiger partial charge in [-0.05, 0) is 36.0 Å². The summed E-state index contributed by atoms with van der Waals surface area (Å²) in [6.45, 7) is 5.94. The lowest BCUT2D eigenvalue weighted by atomic mass is 9.85. The Morgan fingerprint density at radius 2 is 1.85 bits per heavy atom. The van der Waals surface area contributed by atoms with E-state index in [0.717, 1.165) is 17.5 Å². The predicted molar refractivity (Wildman–Crippen MR) is 129 cm³/mol. The number of carbonyl (C=O) groups is 3. The summed E-state index contributed by atoms with van der Waals surface area (Å²) in [6, 6.07) is 5.57. The lowest BCUT2D eigenvalue weighted by Gasteiger charge is -2.35. The van der Waals surface area contributed by atoms with Gasteiger partial charge in [0.25, 0.3) is 0 Å². The predicted octanol–water partition coefficient (Wildman–Crippen LogP) is 1.33. The number of β-amino-alcohol motifs (C(OH)–C–C–N with tert-alkyl or cyclic N) is 1. The van der Waals surface area contributed by atoms with Gasteiger partial charge in [-0.25, -0.2) is 0 Å².